The Morgan fingerprint density at radius 3 is 2.48 bits per heavy atom. The van der Waals surface area contributed by atoms with Crippen molar-refractivity contribution in [3.8, 4) is 11.5 Å². The van der Waals surface area contributed by atoms with E-state index in [-0.39, 0.29) is 5.92 Å². The van der Waals surface area contributed by atoms with E-state index in [0.717, 1.165) is 5.56 Å². The molecule has 0 unspecified atom stereocenters. The van der Waals surface area contributed by atoms with Crippen molar-refractivity contribution < 1.29 is 12.9 Å². The van der Waals surface area contributed by atoms with E-state index in [1.165, 1.54) is 4.31 Å². The first-order valence-corrected chi connectivity index (χ1v) is 10.3. The number of aromatic nitrogens is 3. The molecule has 7 nitrogen and oxygen atoms in total. The number of pyridine rings is 1. The van der Waals surface area contributed by atoms with E-state index in [2.05, 4.69) is 15.1 Å². The Balaban J connectivity index is 1.45. The van der Waals surface area contributed by atoms with Crippen LogP contribution in [0, 0.1) is 6.92 Å². The number of rotatable bonds is 4. The molecule has 27 heavy (non-hydrogen) atoms. The maximum Gasteiger partial charge on any atom is 0.243 e. The maximum absolute atomic E-state index is 12.8. The fraction of sp³-hybridized carbons (Fsp3) is 0.316. The first-order valence-electron chi connectivity index (χ1n) is 8.86. The van der Waals surface area contributed by atoms with E-state index in [4.69, 9.17) is 4.52 Å². The number of piperidine rings is 1. The van der Waals surface area contributed by atoms with E-state index >= 15 is 0 Å². The molecule has 0 atom stereocenters. The van der Waals surface area contributed by atoms with E-state index in [9.17, 15) is 8.42 Å². The lowest BCUT2D eigenvalue weighted by atomic mass is 9.98. The van der Waals surface area contributed by atoms with Crippen LogP contribution in [0.15, 0.2) is 58.1 Å². The standard InChI is InChI=1S/C19H20N4O3S/c1-14-5-7-16(8-6-14)27(24,25)23-12-9-15(10-13-23)19-21-18(22-26-19)17-4-2-3-11-20-17/h2-8,11,15H,9-10,12-13H2,1H3. The van der Waals surface area contributed by atoms with Gasteiger partial charge in [0.05, 0.1) is 4.90 Å². The predicted molar refractivity (Wildman–Crippen MR) is 99.4 cm³/mol. The Labute approximate surface area is 158 Å². The van der Waals surface area contributed by atoms with Gasteiger partial charge in [0, 0.05) is 25.2 Å². The summed E-state index contributed by atoms with van der Waals surface area (Å²) >= 11 is 0. The molecule has 4 rings (SSSR count). The van der Waals surface area contributed by atoms with Gasteiger partial charge in [-0.2, -0.15) is 9.29 Å². The normalized spacial score (nSPS) is 16.5. The van der Waals surface area contributed by atoms with Crippen molar-refractivity contribution in [1.29, 1.82) is 0 Å². The Hall–Kier alpha value is -2.58. The highest BCUT2D eigenvalue weighted by molar-refractivity contribution is 7.89. The van der Waals surface area contributed by atoms with Crippen molar-refractivity contribution >= 4 is 10.0 Å². The summed E-state index contributed by atoms with van der Waals surface area (Å²) in [5.41, 5.74) is 1.69. The van der Waals surface area contributed by atoms with Crippen molar-refractivity contribution in [1.82, 2.24) is 19.4 Å². The summed E-state index contributed by atoms with van der Waals surface area (Å²) in [5.74, 6) is 1.06. The first kappa shape index (κ1) is 17.8. The van der Waals surface area contributed by atoms with Gasteiger partial charge in [-0.15, -0.1) is 0 Å². The summed E-state index contributed by atoms with van der Waals surface area (Å²) in [6, 6.07) is 12.5. The van der Waals surface area contributed by atoms with Crippen LogP contribution >= 0.6 is 0 Å². The minimum atomic E-state index is -3.47. The molecule has 0 bridgehead atoms. The Morgan fingerprint density at radius 1 is 1.07 bits per heavy atom. The highest BCUT2D eigenvalue weighted by Crippen LogP contribution is 2.30. The van der Waals surface area contributed by atoms with Crippen molar-refractivity contribution in [3.63, 3.8) is 0 Å². The molecule has 0 N–H and O–H groups in total. The summed E-state index contributed by atoms with van der Waals surface area (Å²) in [6.07, 6.45) is 2.98. The molecular weight excluding hydrogens is 364 g/mol. The molecule has 1 fully saturated rings. The topological polar surface area (TPSA) is 89.2 Å². The van der Waals surface area contributed by atoms with Crippen LogP contribution in [0.2, 0.25) is 0 Å². The molecule has 1 aromatic carbocycles. The number of hydrogen-bond donors (Lipinski definition) is 0. The molecule has 0 aliphatic carbocycles. The third-order valence-electron chi connectivity index (χ3n) is 4.80. The van der Waals surface area contributed by atoms with Crippen LogP contribution in [0.1, 0.15) is 30.2 Å². The molecule has 1 aliphatic heterocycles. The van der Waals surface area contributed by atoms with E-state index in [1.54, 1.807) is 18.3 Å². The molecule has 8 heteroatoms. The number of hydrogen-bond acceptors (Lipinski definition) is 6. The van der Waals surface area contributed by atoms with Crippen molar-refractivity contribution in [3.05, 3.63) is 60.1 Å². The average Bonchev–Trinajstić information content (AvgIpc) is 3.19. The number of nitrogens with zero attached hydrogens (tertiary/aromatic N) is 4. The number of sulfonamides is 1. The third kappa shape index (κ3) is 3.63. The molecule has 2 aromatic heterocycles. The maximum atomic E-state index is 12.8. The van der Waals surface area contributed by atoms with Crippen molar-refractivity contribution in [2.24, 2.45) is 0 Å². The van der Waals surface area contributed by atoms with Crippen molar-refractivity contribution in [2.45, 2.75) is 30.6 Å². The van der Waals surface area contributed by atoms with Crippen LogP contribution in [0.3, 0.4) is 0 Å². The number of benzene rings is 1. The molecule has 0 spiro atoms. The fourth-order valence-electron chi connectivity index (χ4n) is 3.20. The van der Waals surface area contributed by atoms with Crippen LogP contribution in [0.5, 0.6) is 0 Å². The molecular formula is C19H20N4O3S. The van der Waals surface area contributed by atoms with Gasteiger partial charge in [0.2, 0.25) is 21.7 Å². The molecule has 1 saturated heterocycles. The lowest BCUT2D eigenvalue weighted by molar-refractivity contribution is 0.271. The number of aryl methyl sites for hydroxylation is 1. The van der Waals surface area contributed by atoms with Gasteiger partial charge >= 0.3 is 0 Å². The zero-order valence-electron chi connectivity index (χ0n) is 14.9. The second-order valence-corrected chi connectivity index (χ2v) is 8.60. The second kappa shape index (κ2) is 7.21. The van der Waals surface area contributed by atoms with Gasteiger partial charge < -0.3 is 4.52 Å². The first-order chi connectivity index (χ1) is 13.0. The van der Waals surface area contributed by atoms with Gasteiger partial charge in [-0.05, 0) is 44.0 Å². The lowest BCUT2D eigenvalue weighted by Gasteiger charge is -2.29. The summed E-state index contributed by atoms with van der Waals surface area (Å²) in [4.78, 5) is 9.00. The van der Waals surface area contributed by atoms with Crippen LogP contribution in [-0.2, 0) is 10.0 Å². The zero-order valence-corrected chi connectivity index (χ0v) is 15.8. The smallest absolute Gasteiger partial charge is 0.243 e. The Kier molecular flexibility index (Phi) is 4.75. The van der Waals surface area contributed by atoms with Gasteiger partial charge in [0.25, 0.3) is 0 Å². The van der Waals surface area contributed by atoms with Gasteiger partial charge in [-0.3, -0.25) is 4.98 Å². The van der Waals surface area contributed by atoms with E-state index in [1.807, 2.05) is 37.3 Å². The molecule has 3 aromatic rings. The van der Waals surface area contributed by atoms with Gasteiger partial charge in [0.1, 0.15) is 5.69 Å². The second-order valence-electron chi connectivity index (χ2n) is 6.66. The Morgan fingerprint density at radius 2 is 1.81 bits per heavy atom. The van der Waals surface area contributed by atoms with Crippen LogP contribution in [-0.4, -0.2) is 40.9 Å². The summed E-state index contributed by atoms with van der Waals surface area (Å²) < 4.78 is 32.5. The summed E-state index contributed by atoms with van der Waals surface area (Å²) in [5, 5.41) is 4.00. The van der Waals surface area contributed by atoms with Crippen molar-refractivity contribution in [2.75, 3.05) is 13.1 Å². The summed E-state index contributed by atoms with van der Waals surface area (Å²) in [6.45, 7) is 2.80. The highest BCUT2D eigenvalue weighted by Gasteiger charge is 2.32. The SMILES string of the molecule is Cc1ccc(S(=O)(=O)N2CCC(c3nc(-c4ccccn4)no3)CC2)cc1. The average molecular weight is 384 g/mol. The van der Waals surface area contributed by atoms with Crippen LogP contribution < -0.4 is 0 Å². The Bertz CT molecular complexity index is 1010. The molecule has 0 saturated carbocycles. The van der Waals surface area contributed by atoms with Gasteiger partial charge in [-0.1, -0.05) is 28.9 Å². The predicted octanol–water partition coefficient (Wildman–Crippen LogP) is 3.01. The fourth-order valence-corrected chi connectivity index (χ4v) is 4.67. The minimum Gasteiger partial charge on any atom is -0.339 e. The monoisotopic (exact) mass is 384 g/mol. The minimum absolute atomic E-state index is 0.0550. The third-order valence-corrected chi connectivity index (χ3v) is 6.71. The van der Waals surface area contributed by atoms with E-state index in [0.29, 0.717) is 48.2 Å². The van der Waals surface area contributed by atoms with Crippen LogP contribution in [0.4, 0.5) is 0 Å². The lowest BCUT2D eigenvalue weighted by Crippen LogP contribution is -2.37. The largest absolute Gasteiger partial charge is 0.339 e. The molecule has 0 amide bonds. The van der Waals surface area contributed by atoms with Gasteiger partial charge in [0.15, 0.2) is 0 Å². The molecule has 140 valence electrons. The van der Waals surface area contributed by atoms with E-state index < -0.39 is 10.0 Å². The molecule has 0 radical (unpaired) electrons. The quantitative estimate of drug-likeness (QED) is 0.687. The highest BCUT2D eigenvalue weighted by atomic mass is 32.2. The zero-order chi connectivity index (χ0) is 18.9. The molecule has 3 heterocycles. The summed E-state index contributed by atoms with van der Waals surface area (Å²) in [7, 11) is -3.47. The van der Waals surface area contributed by atoms with Crippen LogP contribution in [0.25, 0.3) is 11.5 Å². The van der Waals surface area contributed by atoms with Gasteiger partial charge in [-0.25, -0.2) is 8.42 Å². The molecule has 1 aliphatic rings.